The van der Waals surface area contributed by atoms with Crippen molar-refractivity contribution in [1.29, 1.82) is 0 Å². The Bertz CT molecular complexity index is 1550. The Balaban J connectivity index is 1.47. The van der Waals surface area contributed by atoms with Gasteiger partial charge in [0.05, 0.1) is 59.4 Å². The predicted octanol–water partition coefficient (Wildman–Crippen LogP) is 8.71. The topological polar surface area (TPSA) is 93.5 Å². The molecule has 0 amide bonds. The third-order valence-corrected chi connectivity index (χ3v) is 12.4. The summed E-state index contributed by atoms with van der Waals surface area (Å²) < 4.78 is 52.1. The third-order valence-electron chi connectivity index (χ3n) is 10.3. The number of ether oxygens (including phenoxy) is 6. The van der Waals surface area contributed by atoms with Crippen LogP contribution < -0.4 is 14.8 Å². The maximum atomic E-state index is 7.14. The van der Waals surface area contributed by atoms with Gasteiger partial charge in [0.25, 0.3) is 8.53 Å². The van der Waals surface area contributed by atoms with Crippen LogP contribution in [0.4, 0.5) is 0 Å². The van der Waals surface area contributed by atoms with Crippen molar-refractivity contribution in [3.05, 3.63) is 107 Å². The minimum Gasteiger partial charge on any atom is -0.497 e. The molecule has 0 saturated carbocycles. The molecule has 0 bridgehead atoms. The molecule has 0 radical (unpaired) electrons. The molecule has 6 atom stereocenters. The van der Waals surface area contributed by atoms with Crippen LogP contribution in [0.15, 0.2) is 78.9 Å². The van der Waals surface area contributed by atoms with Crippen molar-refractivity contribution in [1.82, 2.24) is 9.99 Å². The molecule has 1 aliphatic heterocycles. The van der Waals surface area contributed by atoms with Crippen molar-refractivity contribution in [3.63, 3.8) is 0 Å². The first kappa shape index (κ1) is 46.5. The van der Waals surface area contributed by atoms with Crippen LogP contribution in [0.5, 0.6) is 11.5 Å². The van der Waals surface area contributed by atoms with Gasteiger partial charge in [0.2, 0.25) is 6.54 Å². The number of rotatable bonds is 24. The number of nitrogens with zero attached hydrogens (tertiary/aromatic N) is 2. The van der Waals surface area contributed by atoms with E-state index in [1.807, 2.05) is 42.5 Å². The number of benzene rings is 3. The first-order chi connectivity index (χ1) is 27.5. The molecule has 0 spiro atoms. The fraction of sp³-hybridized carbons (Fsp3) is 0.578. The number of hydrogen-bond donors (Lipinski definition) is 1. The summed E-state index contributed by atoms with van der Waals surface area (Å²) in [6.07, 6.45) is -0.702. The van der Waals surface area contributed by atoms with Crippen LogP contribution in [0.2, 0.25) is 0 Å². The number of methoxy groups -OCH3 is 2. The van der Waals surface area contributed by atoms with Crippen LogP contribution in [0.1, 0.15) is 72.1 Å². The van der Waals surface area contributed by atoms with Gasteiger partial charge in [0, 0.05) is 18.1 Å². The normalized spacial score (nSPS) is 20.6. The van der Waals surface area contributed by atoms with Gasteiger partial charge in [-0.2, -0.15) is 0 Å². The highest BCUT2D eigenvalue weighted by molar-refractivity contribution is 7.44. The molecule has 3 aromatic rings. The predicted molar refractivity (Wildman–Crippen MR) is 226 cm³/mol. The highest BCUT2D eigenvalue weighted by Gasteiger charge is 2.43. The summed E-state index contributed by atoms with van der Waals surface area (Å²) in [7, 11) is 2.01. The van der Waals surface area contributed by atoms with Crippen LogP contribution in [0, 0.1) is 18.4 Å². The van der Waals surface area contributed by atoms with E-state index in [-0.39, 0.29) is 48.7 Å². The zero-order chi connectivity index (χ0) is 41.4. The maximum absolute atomic E-state index is 7.14. The van der Waals surface area contributed by atoms with E-state index in [1.54, 1.807) is 14.2 Å². The smallest absolute Gasteiger partial charge is 0.259 e. The standard InChI is InChI=1S/C45H66N3O8P/c1-32(2)47-43-36(8)35(7)42(31-51-27-30-55-57(54-26-25-46-9)48(33(3)4)34(5)6)56-44(43)52-28-29-53-45(37-15-13-12-14-16-37,38-17-21-40(49-10)22-18-38)39-19-23-41(50-11)24-20-39/h12-24,32-36,42-44,47H,25-31H2,1-8,10-11H3. The minimum atomic E-state index is -1.32. The van der Waals surface area contributed by atoms with E-state index in [9.17, 15) is 0 Å². The molecule has 11 nitrogen and oxygen atoms in total. The molecular weight excluding hydrogens is 741 g/mol. The lowest BCUT2D eigenvalue weighted by atomic mass is 9.80. The van der Waals surface area contributed by atoms with Gasteiger partial charge in [-0.3, -0.25) is 0 Å². The average Bonchev–Trinajstić information content (AvgIpc) is 3.21. The van der Waals surface area contributed by atoms with Gasteiger partial charge in [-0.15, -0.1) is 0 Å². The van der Waals surface area contributed by atoms with Crippen molar-refractivity contribution >= 4 is 8.53 Å². The van der Waals surface area contributed by atoms with E-state index in [2.05, 4.69) is 107 Å². The highest BCUT2D eigenvalue weighted by atomic mass is 31.2. The van der Waals surface area contributed by atoms with Crippen molar-refractivity contribution in [2.75, 3.05) is 60.4 Å². The summed E-state index contributed by atoms with van der Waals surface area (Å²) in [6.45, 7) is 26.8. The Morgan fingerprint density at radius 3 is 1.82 bits per heavy atom. The molecule has 1 fully saturated rings. The van der Waals surface area contributed by atoms with Gasteiger partial charge in [0.15, 0.2) is 6.29 Å². The Kier molecular flexibility index (Phi) is 19.2. The number of nitrogens with one attached hydrogen (secondary N) is 1. The molecule has 3 aromatic carbocycles. The van der Waals surface area contributed by atoms with Crippen molar-refractivity contribution in [3.8, 4) is 11.5 Å². The van der Waals surface area contributed by atoms with E-state index >= 15 is 0 Å². The summed E-state index contributed by atoms with van der Waals surface area (Å²) in [5, 5.41) is 3.72. The molecule has 1 N–H and O–H groups in total. The largest absolute Gasteiger partial charge is 0.497 e. The van der Waals surface area contributed by atoms with Crippen LogP contribution in [-0.4, -0.2) is 102 Å². The van der Waals surface area contributed by atoms with Gasteiger partial charge < -0.3 is 47.6 Å². The first-order valence-corrected chi connectivity index (χ1v) is 21.4. The molecule has 1 saturated heterocycles. The van der Waals surface area contributed by atoms with Crippen LogP contribution >= 0.6 is 8.53 Å². The molecule has 0 aliphatic carbocycles. The maximum Gasteiger partial charge on any atom is 0.259 e. The first-order valence-electron chi connectivity index (χ1n) is 20.2. The minimum absolute atomic E-state index is 0.0316. The van der Waals surface area contributed by atoms with Gasteiger partial charge in [-0.05, 0) is 80.5 Å². The molecule has 4 rings (SSSR count). The summed E-state index contributed by atoms with van der Waals surface area (Å²) in [5.74, 6) is 1.98. The van der Waals surface area contributed by atoms with Gasteiger partial charge in [-0.25, -0.2) is 11.2 Å². The monoisotopic (exact) mass is 807 g/mol. The van der Waals surface area contributed by atoms with Crippen LogP contribution in [0.25, 0.3) is 4.85 Å². The van der Waals surface area contributed by atoms with E-state index in [1.165, 1.54) is 0 Å². The SMILES string of the molecule is [C-]#[N+]CCOP(OCCOCC1OC(OCCOC(c2ccccc2)(c2ccc(OC)cc2)c2ccc(OC)cc2)C(NC(C)C)C(C)C1C)N(C(C)C)C(C)C. The molecular formula is C45H66N3O8P. The second-order valence-corrected chi connectivity index (χ2v) is 16.7. The fourth-order valence-electron chi connectivity index (χ4n) is 7.36. The zero-order valence-electron chi connectivity index (χ0n) is 35.7. The fourth-order valence-corrected chi connectivity index (χ4v) is 8.92. The quantitative estimate of drug-likeness (QED) is 0.0410. The summed E-state index contributed by atoms with van der Waals surface area (Å²) in [4.78, 5) is 3.43. The van der Waals surface area contributed by atoms with Gasteiger partial charge in [-0.1, -0.05) is 82.3 Å². The summed E-state index contributed by atoms with van der Waals surface area (Å²) in [5.41, 5.74) is 1.96. The van der Waals surface area contributed by atoms with Gasteiger partial charge >= 0.3 is 0 Å². The zero-order valence-corrected chi connectivity index (χ0v) is 36.6. The Labute approximate surface area is 343 Å². The lowest BCUT2D eigenvalue weighted by molar-refractivity contribution is -0.250. The van der Waals surface area contributed by atoms with Crippen LogP contribution in [-0.2, 0) is 33.6 Å². The summed E-state index contributed by atoms with van der Waals surface area (Å²) >= 11 is 0. The van der Waals surface area contributed by atoms with E-state index < -0.39 is 20.4 Å². The molecule has 1 aliphatic rings. The lowest BCUT2D eigenvalue weighted by Gasteiger charge is -2.45. The molecule has 57 heavy (non-hydrogen) atoms. The molecule has 12 heteroatoms. The lowest BCUT2D eigenvalue weighted by Crippen LogP contribution is -2.59. The van der Waals surface area contributed by atoms with Gasteiger partial charge in [0.1, 0.15) is 23.7 Å². The van der Waals surface area contributed by atoms with E-state index in [0.717, 1.165) is 28.2 Å². The molecule has 0 aromatic heterocycles. The second-order valence-electron chi connectivity index (χ2n) is 15.3. The Hall–Kier alpha value is -3.14. The Morgan fingerprint density at radius 1 is 0.737 bits per heavy atom. The Morgan fingerprint density at radius 2 is 1.30 bits per heavy atom. The average molecular weight is 808 g/mol. The van der Waals surface area contributed by atoms with Crippen molar-refractivity contribution < 1.29 is 37.5 Å². The van der Waals surface area contributed by atoms with E-state index in [0.29, 0.717) is 39.6 Å². The second kappa shape index (κ2) is 23.5. The van der Waals surface area contributed by atoms with E-state index in [4.69, 9.17) is 44.0 Å². The third kappa shape index (κ3) is 12.7. The highest BCUT2D eigenvalue weighted by Crippen LogP contribution is 2.46. The number of hydrogen-bond acceptors (Lipinski definition) is 10. The van der Waals surface area contributed by atoms with Crippen molar-refractivity contribution in [2.24, 2.45) is 11.8 Å². The van der Waals surface area contributed by atoms with Crippen molar-refractivity contribution in [2.45, 2.75) is 97.6 Å². The van der Waals surface area contributed by atoms with Crippen LogP contribution in [0.3, 0.4) is 0 Å². The summed E-state index contributed by atoms with van der Waals surface area (Å²) in [6, 6.07) is 27.0. The molecule has 314 valence electrons. The molecule has 6 unspecified atom stereocenters. The molecule has 1 heterocycles.